The molecule has 114 valence electrons. The van der Waals surface area contributed by atoms with Gasteiger partial charge in [0, 0.05) is 6.04 Å². The molecule has 1 saturated carbocycles. The molecule has 0 unspecified atom stereocenters. The van der Waals surface area contributed by atoms with Gasteiger partial charge in [0.2, 0.25) is 0 Å². The molecule has 2 rings (SSSR count). The molecule has 2 amide bonds. The lowest BCUT2D eigenvalue weighted by atomic mass is 9.96. The van der Waals surface area contributed by atoms with Gasteiger partial charge in [0.25, 0.3) is 0 Å². The van der Waals surface area contributed by atoms with Gasteiger partial charge in [0.1, 0.15) is 5.60 Å². The second-order valence-electron chi connectivity index (χ2n) is 5.78. The van der Waals surface area contributed by atoms with Gasteiger partial charge < -0.3 is 15.7 Å². The molecular weight excluding hydrogens is 268 g/mol. The van der Waals surface area contributed by atoms with E-state index in [4.69, 9.17) is 0 Å². The fourth-order valence-electron chi connectivity index (χ4n) is 2.55. The van der Waals surface area contributed by atoms with Crippen molar-refractivity contribution in [2.75, 3.05) is 6.54 Å². The molecule has 1 aromatic carbocycles. The van der Waals surface area contributed by atoms with E-state index in [0.29, 0.717) is 5.56 Å². The molecule has 0 spiro atoms. The highest BCUT2D eigenvalue weighted by molar-refractivity contribution is 6.35. The van der Waals surface area contributed by atoms with Crippen LogP contribution in [-0.2, 0) is 15.2 Å². The van der Waals surface area contributed by atoms with Crippen LogP contribution in [0, 0.1) is 0 Å². The van der Waals surface area contributed by atoms with Crippen LogP contribution in [0.3, 0.4) is 0 Å². The highest BCUT2D eigenvalue weighted by Gasteiger charge is 2.26. The van der Waals surface area contributed by atoms with Crippen LogP contribution in [0.5, 0.6) is 0 Å². The number of hydrogen-bond donors (Lipinski definition) is 3. The molecule has 1 aliphatic carbocycles. The summed E-state index contributed by atoms with van der Waals surface area (Å²) in [6.45, 7) is 1.60. The van der Waals surface area contributed by atoms with Gasteiger partial charge in [-0.1, -0.05) is 43.2 Å². The van der Waals surface area contributed by atoms with E-state index in [1.807, 2.05) is 18.2 Å². The Morgan fingerprint density at radius 1 is 1.19 bits per heavy atom. The van der Waals surface area contributed by atoms with E-state index in [2.05, 4.69) is 10.6 Å². The van der Waals surface area contributed by atoms with Crippen molar-refractivity contribution in [3.63, 3.8) is 0 Å². The van der Waals surface area contributed by atoms with Crippen molar-refractivity contribution in [1.82, 2.24) is 10.6 Å². The van der Waals surface area contributed by atoms with E-state index in [1.54, 1.807) is 19.1 Å². The molecule has 1 aromatic rings. The second-order valence-corrected chi connectivity index (χ2v) is 5.78. The van der Waals surface area contributed by atoms with Crippen molar-refractivity contribution in [3.8, 4) is 0 Å². The molecule has 0 aliphatic heterocycles. The zero-order valence-electron chi connectivity index (χ0n) is 12.3. The molecule has 0 aromatic heterocycles. The topological polar surface area (TPSA) is 78.4 Å². The maximum atomic E-state index is 11.8. The molecule has 21 heavy (non-hydrogen) atoms. The van der Waals surface area contributed by atoms with Gasteiger partial charge in [-0.2, -0.15) is 0 Å². The van der Waals surface area contributed by atoms with E-state index in [9.17, 15) is 14.7 Å². The number of amides is 2. The first-order valence-corrected chi connectivity index (χ1v) is 7.35. The van der Waals surface area contributed by atoms with Crippen LogP contribution in [0.15, 0.2) is 30.3 Å². The smallest absolute Gasteiger partial charge is 0.309 e. The van der Waals surface area contributed by atoms with E-state index < -0.39 is 17.4 Å². The minimum atomic E-state index is -1.20. The number of rotatable bonds is 4. The SMILES string of the molecule is C[C@@](O)(CNC(=O)C(=O)NC1CCCC1)c1ccccc1. The third-order valence-electron chi connectivity index (χ3n) is 3.89. The number of carbonyl (C=O) groups excluding carboxylic acids is 2. The molecular formula is C16H22N2O3. The summed E-state index contributed by atoms with van der Waals surface area (Å²) in [5.74, 6) is -1.32. The maximum absolute atomic E-state index is 11.8. The Hall–Kier alpha value is -1.88. The average Bonchev–Trinajstić information content (AvgIpc) is 2.98. The Kier molecular flexibility index (Phi) is 4.96. The van der Waals surface area contributed by atoms with Gasteiger partial charge >= 0.3 is 11.8 Å². The van der Waals surface area contributed by atoms with Gasteiger partial charge in [-0.25, -0.2) is 0 Å². The number of carbonyl (C=O) groups is 2. The molecule has 0 bridgehead atoms. The van der Waals surface area contributed by atoms with Crippen molar-refractivity contribution in [2.24, 2.45) is 0 Å². The second kappa shape index (κ2) is 6.72. The Morgan fingerprint density at radius 3 is 2.43 bits per heavy atom. The monoisotopic (exact) mass is 290 g/mol. The first-order valence-electron chi connectivity index (χ1n) is 7.35. The van der Waals surface area contributed by atoms with Crippen molar-refractivity contribution in [2.45, 2.75) is 44.2 Å². The summed E-state index contributed by atoms with van der Waals surface area (Å²) in [6.07, 6.45) is 4.05. The Bertz CT molecular complexity index is 494. The summed E-state index contributed by atoms with van der Waals surface area (Å²) in [5.41, 5.74) is -0.508. The van der Waals surface area contributed by atoms with Crippen LogP contribution < -0.4 is 10.6 Å². The minimum absolute atomic E-state index is 0.00602. The van der Waals surface area contributed by atoms with Crippen LogP contribution >= 0.6 is 0 Å². The lowest BCUT2D eigenvalue weighted by Gasteiger charge is -2.24. The minimum Gasteiger partial charge on any atom is -0.384 e. The van der Waals surface area contributed by atoms with Crippen molar-refractivity contribution in [1.29, 1.82) is 0 Å². The highest BCUT2D eigenvalue weighted by Crippen LogP contribution is 2.19. The van der Waals surface area contributed by atoms with Gasteiger partial charge in [0.15, 0.2) is 0 Å². The van der Waals surface area contributed by atoms with E-state index in [0.717, 1.165) is 25.7 Å². The maximum Gasteiger partial charge on any atom is 0.309 e. The fourth-order valence-corrected chi connectivity index (χ4v) is 2.55. The summed E-state index contributed by atoms with van der Waals surface area (Å²) < 4.78 is 0. The summed E-state index contributed by atoms with van der Waals surface area (Å²) in [4.78, 5) is 23.5. The van der Waals surface area contributed by atoms with Crippen molar-refractivity contribution in [3.05, 3.63) is 35.9 Å². The predicted octanol–water partition coefficient (Wildman–Crippen LogP) is 1.07. The number of aliphatic hydroxyl groups is 1. The lowest BCUT2D eigenvalue weighted by molar-refractivity contribution is -0.140. The number of hydrogen-bond acceptors (Lipinski definition) is 3. The molecule has 1 atom stereocenters. The predicted molar refractivity (Wildman–Crippen MR) is 79.4 cm³/mol. The lowest BCUT2D eigenvalue weighted by Crippen LogP contribution is -2.47. The number of nitrogens with one attached hydrogen (secondary N) is 2. The normalized spacial score (nSPS) is 18.0. The average molecular weight is 290 g/mol. The van der Waals surface area contributed by atoms with E-state index >= 15 is 0 Å². The zero-order chi connectivity index (χ0) is 15.3. The first kappa shape index (κ1) is 15.5. The largest absolute Gasteiger partial charge is 0.384 e. The fraction of sp³-hybridized carbons (Fsp3) is 0.500. The Morgan fingerprint density at radius 2 is 1.81 bits per heavy atom. The zero-order valence-corrected chi connectivity index (χ0v) is 12.3. The van der Waals surface area contributed by atoms with Crippen LogP contribution in [0.1, 0.15) is 38.2 Å². The van der Waals surface area contributed by atoms with Crippen molar-refractivity contribution >= 4 is 11.8 Å². The molecule has 5 nitrogen and oxygen atoms in total. The molecule has 1 aliphatic rings. The molecule has 1 fully saturated rings. The Labute approximate surface area is 124 Å². The summed E-state index contributed by atoms with van der Waals surface area (Å²) in [6, 6.07) is 9.16. The molecule has 5 heteroatoms. The Balaban J connectivity index is 1.84. The summed E-state index contributed by atoms with van der Waals surface area (Å²) in [5, 5.41) is 15.6. The van der Waals surface area contributed by atoms with Gasteiger partial charge in [-0.15, -0.1) is 0 Å². The van der Waals surface area contributed by atoms with E-state index in [-0.39, 0.29) is 12.6 Å². The third kappa shape index (κ3) is 4.29. The third-order valence-corrected chi connectivity index (χ3v) is 3.89. The van der Waals surface area contributed by atoms with Crippen LogP contribution in [-0.4, -0.2) is 29.5 Å². The molecule has 0 heterocycles. The molecule has 0 saturated heterocycles. The highest BCUT2D eigenvalue weighted by atomic mass is 16.3. The van der Waals surface area contributed by atoms with Gasteiger partial charge in [-0.3, -0.25) is 9.59 Å². The molecule has 0 radical (unpaired) electrons. The van der Waals surface area contributed by atoms with E-state index in [1.165, 1.54) is 0 Å². The van der Waals surface area contributed by atoms with Gasteiger partial charge in [0.05, 0.1) is 6.54 Å². The molecule has 3 N–H and O–H groups in total. The quantitative estimate of drug-likeness (QED) is 0.726. The first-order chi connectivity index (χ1) is 9.99. The van der Waals surface area contributed by atoms with Crippen LogP contribution in [0.2, 0.25) is 0 Å². The summed E-state index contributed by atoms with van der Waals surface area (Å²) >= 11 is 0. The standard InChI is InChI=1S/C16H22N2O3/c1-16(21,12-7-3-2-4-8-12)11-17-14(19)15(20)18-13-9-5-6-10-13/h2-4,7-8,13,21H,5-6,9-11H2,1H3,(H,17,19)(H,18,20)/t16-/m1/s1. The van der Waals surface area contributed by atoms with Crippen molar-refractivity contribution < 1.29 is 14.7 Å². The number of benzene rings is 1. The van der Waals surface area contributed by atoms with Crippen LogP contribution in [0.25, 0.3) is 0 Å². The van der Waals surface area contributed by atoms with Gasteiger partial charge in [-0.05, 0) is 25.3 Å². The summed E-state index contributed by atoms with van der Waals surface area (Å²) in [7, 11) is 0. The van der Waals surface area contributed by atoms with Crippen LogP contribution in [0.4, 0.5) is 0 Å².